The molecule has 1 aliphatic heterocycles. The smallest absolute Gasteiger partial charge is 0.240 e. The van der Waals surface area contributed by atoms with Crippen molar-refractivity contribution >= 4 is 29.1 Å². The second-order valence-corrected chi connectivity index (χ2v) is 6.30. The molecule has 0 saturated heterocycles. The lowest BCUT2D eigenvalue weighted by molar-refractivity contribution is -0.121. The SMILES string of the molecule is Cc1cc(OCC(O)CNC(=O)CCC2=NNC(=O)CC2)ccc1Cl. The maximum atomic E-state index is 11.8. The minimum absolute atomic E-state index is 0.0695. The van der Waals surface area contributed by atoms with Gasteiger partial charge in [-0.2, -0.15) is 5.10 Å². The van der Waals surface area contributed by atoms with Gasteiger partial charge in [0.25, 0.3) is 0 Å². The molecule has 1 heterocycles. The Morgan fingerprint density at radius 1 is 1.48 bits per heavy atom. The number of halogens is 1. The molecule has 3 N–H and O–H groups in total. The number of aliphatic hydroxyl groups excluding tert-OH is 1. The number of hydrogen-bond donors (Lipinski definition) is 3. The zero-order chi connectivity index (χ0) is 18.2. The van der Waals surface area contributed by atoms with Gasteiger partial charge in [-0.3, -0.25) is 9.59 Å². The lowest BCUT2D eigenvalue weighted by Gasteiger charge is -2.14. The molecule has 0 aliphatic carbocycles. The van der Waals surface area contributed by atoms with Crippen LogP contribution in [0.15, 0.2) is 23.3 Å². The molecule has 1 atom stereocenters. The number of aryl methyl sites for hydroxylation is 1. The number of nitrogens with zero attached hydrogens (tertiary/aromatic N) is 1. The monoisotopic (exact) mass is 367 g/mol. The van der Waals surface area contributed by atoms with Gasteiger partial charge >= 0.3 is 0 Å². The molecule has 0 saturated carbocycles. The Kier molecular flexibility index (Phi) is 7.21. The van der Waals surface area contributed by atoms with Crippen LogP contribution in [0.3, 0.4) is 0 Å². The molecule has 1 unspecified atom stereocenters. The molecule has 1 aromatic rings. The predicted molar refractivity (Wildman–Crippen MR) is 94.7 cm³/mol. The van der Waals surface area contributed by atoms with Crippen LogP contribution in [0.4, 0.5) is 0 Å². The highest BCUT2D eigenvalue weighted by Gasteiger charge is 2.13. The highest BCUT2D eigenvalue weighted by Crippen LogP contribution is 2.21. The summed E-state index contributed by atoms with van der Waals surface area (Å²) < 4.78 is 5.48. The maximum Gasteiger partial charge on any atom is 0.240 e. The predicted octanol–water partition coefficient (Wildman–Crippen LogP) is 1.55. The van der Waals surface area contributed by atoms with Gasteiger partial charge in [-0.1, -0.05) is 11.6 Å². The van der Waals surface area contributed by atoms with Crippen LogP contribution in [0, 0.1) is 6.92 Å². The van der Waals surface area contributed by atoms with Gasteiger partial charge < -0.3 is 15.2 Å². The molecule has 0 radical (unpaired) electrons. The molecule has 25 heavy (non-hydrogen) atoms. The summed E-state index contributed by atoms with van der Waals surface area (Å²) in [5, 5.41) is 17.1. The molecule has 2 rings (SSSR count). The molecule has 1 aromatic carbocycles. The molecule has 1 aliphatic rings. The van der Waals surface area contributed by atoms with Gasteiger partial charge in [-0.25, -0.2) is 5.43 Å². The Morgan fingerprint density at radius 2 is 2.28 bits per heavy atom. The number of hydrazone groups is 1. The van der Waals surface area contributed by atoms with Crippen molar-refractivity contribution in [3.63, 3.8) is 0 Å². The van der Waals surface area contributed by atoms with Gasteiger partial charge in [0, 0.05) is 30.1 Å². The van der Waals surface area contributed by atoms with E-state index in [9.17, 15) is 14.7 Å². The molecule has 7 nitrogen and oxygen atoms in total. The Balaban J connectivity index is 1.63. The van der Waals surface area contributed by atoms with Crippen LogP contribution >= 0.6 is 11.6 Å². The summed E-state index contributed by atoms with van der Waals surface area (Å²) in [5.74, 6) is 0.331. The van der Waals surface area contributed by atoms with Gasteiger partial charge in [0.2, 0.25) is 11.8 Å². The van der Waals surface area contributed by atoms with Crippen molar-refractivity contribution in [1.82, 2.24) is 10.7 Å². The van der Waals surface area contributed by atoms with E-state index in [0.29, 0.717) is 30.0 Å². The van der Waals surface area contributed by atoms with Crippen LogP contribution < -0.4 is 15.5 Å². The van der Waals surface area contributed by atoms with Crippen LogP contribution in [0.2, 0.25) is 5.02 Å². The third-order valence-corrected chi connectivity index (χ3v) is 4.15. The molecule has 8 heteroatoms. The first-order valence-corrected chi connectivity index (χ1v) is 8.50. The number of benzene rings is 1. The number of rotatable bonds is 8. The minimum Gasteiger partial charge on any atom is -0.491 e. The highest BCUT2D eigenvalue weighted by molar-refractivity contribution is 6.31. The molecular formula is C17H22ClN3O4. The fourth-order valence-corrected chi connectivity index (χ4v) is 2.35. The molecular weight excluding hydrogens is 346 g/mol. The van der Waals surface area contributed by atoms with E-state index in [1.54, 1.807) is 18.2 Å². The number of amides is 2. The Morgan fingerprint density at radius 3 is 2.96 bits per heavy atom. The lowest BCUT2D eigenvalue weighted by atomic mass is 10.1. The third kappa shape index (κ3) is 6.72. The summed E-state index contributed by atoms with van der Waals surface area (Å²) in [7, 11) is 0. The van der Waals surface area contributed by atoms with Crippen molar-refractivity contribution in [2.75, 3.05) is 13.2 Å². The van der Waals surface area contributed by atoms with Gasteiger partial charge in [0.1, 0.15) is 18.5 Å². The van der Waals surface area contributed by atoms with Crippen molar-refractivity contribution in [3.05, 3.63) is 28.8 Å². The van der Waals surface area contributed by atoms with Crippen molar-refractivity contribution in [1.29, 1.82) is 0 Å². The van der Waals surface area contributed by atoms with E-state index in [1.807, 2.05) is 6.92 Å². The van der Waals surface area contributed by atoms with E-state index in [-0.39, 0.29) is 31.4 Å². The van der Waals surface area contributed by atoms with Crippen molar-refractivity contribution in [2.45, 2.75) is 38.7 Å². The quantitative estimate of drug-likeness (QED) is 0.649. The minimum atomic E-state index is -0.814. The molecule has 0 aromatic heterocycles. The van der Waals surface area contributed by atoms with Crippen LogP contribution in [0.25, 0.3) is 0 Å². The summed E-state index contributed by atoms with van der Waals surface area (Å²) in [6.45, 7) is 2.04. The van der Waals surface area contributed by atoms with Gasteiger partial charge in [-0.15, -0.1) is 0 Å². The Hall–Kier alpha value is -2.12. The summed E-state index contributed by atoms with van der Waals surface area (Å²) in [4.78, 5) is 22.8. The lowest BCUT2D eigenvalue weighted by Crippen LogP contribution is -2.35. The average molecular weight is 368 g/mol. The van der Waals surface area contributed by atoms with Crippen molar-refractivity contribution in [2.24, 2.45) is 5.10 Å². The van der Waals surface area contributed by atoms with Gasteiger partial charge in [0.15, 0.2) is 0 Å². The van der Waals surface area contributed by atoms with E-state index in [4.69, 9.17) is 16.3 Å². The number of hydrogen-bond acceptors (Lipinski definition) is 5. The number of ether oxygens (including phenoxy) is 1. The number of aliphatic hydroxyl groups is 1. The standard InChI is InChI=1S/C17H22ClN3O4/c1-11-8-14(4-5-15(11)18)25-10-13(22)9-19-16(23)6-2-12-3-7-17(24)21-20-12/h4-5,8,13,22H,2-3,6-7,9-10H2,1H3,(H,19,23)(H,21,24). The summed E-state index contributed by atoms with van der Waals surface area (Å²) in [5.41, 5.74) is 4.09. The van der Waals surface area contributed by atoms with Crippen molar-refractivity contribution in [3.8, 4) is 5.75 Å². The highest BCUT2D eigenvalue weighted by atomic mass is 35.5. The van der Waals surface area contributed by atoms with E-state index >= 15 is 0 Å². The van der Waals surface area contributed by atoms with Crippen LogP contribution in [-0.2, 0) is 9.59 Å². The topological polar surface area (TPSA) is 100 Å². The summed E-state index contributed by atoms with van der Waals surface area (Å²) in [6.07, 6.45) is 0.921. The zero-order valence-corrected chi connectivity index (χ0v) is 14.8. The fraction of sp³-hybridized carbons (Fsp3) is 0.471. The normalized spacial score (nSPS) is 15.2. The number of carbonyl (C=O) groups is 2. The van der Waals surface area contributed by atoms with Crippen LogP contribution in [-0.4, -0.2) is 41.9 Å². The Labute approximate surface area is 151 Å². The number of carbonyl (C=O) groups excluding carboxylic acids is 2. The number of nitrogens with one attached hydrogen (secondary N) is 2. The van der Waals surface area contributed by atoms with E-state index in [2.05, 4.69) is 15.8 Å². The zero-order valence-electron chi connectivity index (χ0n) is 14.0. The molecule has 0 fully saturated rings. The van der Waals surface area contributed by atoms with E-state index < -0.39 is 6.10 Å². The molecule has 136 valence electrons. The first-order valence-electron chi connectivity index (χ1n) is 8.12. The molecule has 0 spiro atoms. The largest absolute Gasteiger partial charge is 0.491 e. The van der Waals surface area contributed by atoms with Gasteiger partial charge in [-0.05, 0) is 43.5 Å². The van der Waals surface area contributed by atoms with E-state index in [1.165, 1.54) is 0 Å². The summed E-state index contributed by atoms with van der Waals surface area (Å²) in [6, 6.07) is 5.25. The molecule has 0 bridgehead atoms. The first-order chi connectivity index (χ1) is 11.9. The maximum absolute atomic E-state index is 11.8. The summed E-state index contributed by atoms with van der Waals surface area (Å²) >= 11 is 5.94. The fourth-order valence-electron chi connectivity index (χ4n) is 2.23. The van der Waals surface area contributed by atoms with Gasteiger partial charge in [0.05, 0.1) is 0 Å². The third-order valence-electron chi connectivity index (χ3n) is 3.73. The van der Waals surface area contributed by atoms with Crippen molar-refractivity contribution < 1.29 is 19.4 Å². The molecule has 2 amide bonds. The average Bonchev–Trinajstić information content (AvgIpc) is 2.60. The second kappa shape index (κ2) is 9.39. The first kappa shape index (κ1) is 19.2. The Bertz CT molecular complexity index is 663. The second-order valence-electron chi connectivity index (χ2n) is 5.89. The van der Waals surface area contributed by atoms with E-state index in [0.717, 1.165) is 11.3 Å². The van der Waals surface area contributed by atoms with Crippen LogP contribution in [0.5, 0.6) is 5.75 Å². The van der Waals surface area contributed by atoms with Crippen LogP contribution in [0.1, 0.15) is 31.2 Å².